The van der Waals surface area contributed by atoms with Crippen LogP contribution in [0.15, 0.2) is 27.6 Å². The molecule has 0 aliphatic carbocycles. The van der Waals surface area contributed by atoms with Gasteiger partial charge in [-0.2, -0.15) is 0 Å². The van der Waals surface area contributed by atoms with Crippen molar-refractivity contribution in [3.8, 4) is 0 Å². The van der Waals surface area contributed by atoms with Crippen molar-refractivity contribution < 1.29 is 4.39 Å². The lowest BCUT2D eigenvalue weighted by atomic mass is 10.3. The molecule has 0 radical (unpaired) electrons. The molecular weight excluding hydrogens is 279 g/mol. The second-order valence-corrected chi connectivity index (χ2v) is 4.10. The predicted octanol–water partition coefficient (Wildman–Crippen LogP) is 1.47. The van der Waals surface area contributed by atoms with Crippen LogP contribution in [0.5, 0.6) is 0 Å². The van der Waals surface area contributed by atoms with Gasteiger partial charge in [-0.1, -0.05) is 5.21 Å². The number of hydrogen-bond acceptors (Lipinski definition) is 3. The molecule has 0 saturated heterocycles. The molecule has 3 aromatic rings. The Morgan fingerprint density at radius 3 is 3.00 bits per heavy atom. The van der Waals surface area contributed by atoms with Gasteiger partial charge >= 0.3 is 0 Å². The van der Waals surface area contributed by atoms with E-state index in [0.717, 1.165) is 0 Å². The monoisotopic (exact) mass is 282 g/mol. The third-order valence-electron chi connectivity index (χ3n) is 2.32. The molecule has 0 aliphatic rings. The van der Waals surface area contributed by atoms with Gasteiger partial charge < -0.3 is 4.98 Å². The van der Waals surface area contributed by atoms with Crippen LogP contribution < -0.4 is 5.56 Å². The summed E-state index contributed by atoms with van der Waals surface area (Å²) in [5.41, 5.74) is 0.439. The number of nitrogens with one attached hydrogen (secondary N) is 1. The number of H-pyrrole nitrogens is 1. The molecule has 0 saturated carbocycles. The van der Waals surface area contributed by atoms with Crippen LogP contribution in [0.1, 0.15) is 0 Å². The van der Waals surface area contributed by atoms with Crippen molar-refractivity contribution in [1.82, 2.24) is 19.8 Å². The SMILES string of the molecule is O=c1[nH]c2c(F)c(Br)ccc2n2nncc12. The molecule has 0 aliphatic heterocycles. The minimum absolute atomic E-state index is 0.109. The first-order chi connectivity index (χ1) is 7.68. The van der Waals surface area contributed by atoms with E-state index in [9.17, 15) is 9.18 Å². The van der Waals surface area contributed by atoms with Gasteiger partial charge in [-0.3, -0.25) is 4.79 Å². The van der Waals surface area contributed by atoms with Crippen LogP contribution >= 0.6 is 15.9 Å². The van der Waals surface area contributed by atoms with Crippen molar-refractivity contribution in [1.29, 1.82) is 0 Å². The minimum Gasteiger partial charge on any atom is -0.316 e. The lowest BCUT2D eigenvalue weighted by Crippen LogP contribution is -2.11. The number of halogens is 2. The van der Waals surface area contributed by atoms with Crippen LogP contribution in [0.25, 0.3) is 16.6 Å². The highest BCUT2D eigenvalue weighted by Gasteiger charge is 2.11. The maximum atomic E-state index is 13.7. The molecule has 1 aromatic carbocycles. The van der Waals surface area contributed by atoms with Crippen molar-refractivity contribution in [3.05, 3.63) is 39.0 Å². The fraction of sp³-hybridized carbons (Fsp3) is 0. The highest BCUT2D eigenvalue weighted by molar-refractivity contribution is 9.10. The Balaban J connectivity index is 2.68. The molecule has 80 valence electrons. The van der Waals surface area contributed by atoms with Crippen LogP contribution in [0.2, 0.25) is 0 Å². The molecule has 7 heteroatoms. The molecule has 0 spiro atoms. The van der Waals surface area contributed by atoms with Gasteiger partial charge in [-0.25, -0.2) is 8.91 Å². The summed E-state index contributed by atoms with van der Waals surface area (Å²) in [6.07, 6.45) is 1.33. The second-order valence-electron chi connectivity index (χ2n) is 3.24. The first-order valence-electron chi connectivity index (χ1n) is 4.39. The Hall–Kier alpha value is -1.76. The van der Waals surface area contributed by atoms with Crippen LogP contribution in [-0.2, 0) is 0 Å². The third-order valence-corrected chi connectivity index (χ3v) is 2.93. The molecule has 2 heterocycles. The fourth-order valence-corrected chi connectivity index (χ4v) is 1.91. The predicted molar refractivity (Wildman–Crippen MR) is 58.8 cm³/mol. The fourth-order valence-electron chi connectivity index (χ4n) is 1.58. The Morgan fingerprint density at radius 2 is 2.19 bits per heavy atom. The lowest BCUT2D eigenvalue weighted by Gasteiger charge is -2.02. The summed E-state index contributed by atoms with van der Waals surface area (Å²) in [5.74, 6) is -0.521. The molecule has 0 amide bonds. The standard InChI is InChI=1S/C9H4BrFN4O/c10-4-1-2-5-8(7(4)11)13-9(16)6-3-12-14-15(5)6/h1-3H,(H,13,16). The molecule has 1 N–H and O–H groups in total. The zero-order valence-electron chi connectivity index (χ0n) is 7.74. The maximum absolute atomic E-state index is 13.7. The molecule has 0 bridgehead atoms. The second kappa shape index (κ2) is 3.11. The van der Waals surface area contributed by atoms with E-state index in [1.807, 2.05) is 0 Å². The van der Waals surface area contributed by atoms with E-state index >= 15 is 0 Å². The van der Waals surface area contributed by atoms with Gasteiger partial charge in [0.25, 0.3) is 5.56 Å². The quantitative estimate of drug-likeness (QED) is 0.679. The van der Waals surface area contributed by atoms with Gasteiger partial charge in [0, 0.05) is 0 Å². The Morgan fingerprint density at radius 1 is 1.38 bits per heavy atom. The summed E-state index contributed by atoms with van der Waals surface area (Å²) < 4.78 is 15.3. The number of hydrogen-bond donors (Lipinski definition) is 1. The Kier molecular flexibility index (Phi) is 1.84. The van der Waals surface area contributed by atoms with Gasteiger partial charge in [0.2, 0.25) is 0 Å². The molecule has 2 aromatic heterocycles. The number of fused-ring (bicyclic) bond motifs is 3. The number of rotatable bonds is 0. The average molecular weight is 283 g/mol. The van der Waals surface area contributed by atoms with Crippen molar-refractivity contribution in [2.24, 2.45) is 0 Å². The Labute approximate surface area is 96.0 Å². The molecule has 5 nitrogen and oxygen atoms in total. The number of aromatic amines is 1. The highest BCUT2D eigenvalue weighted by Crippen LogP contribution is 2.22. The van der Waals surface area contributed by atoms with Crippen molar-refractivity contribution in [3.63, 3.8) is 0 Å². The van der Waals surface area contributed by atoms with E-state index in [1.54, 1.807) is 12.1 Å². The topological polar surface area (TPSA) is 63.0 Å². The van der Waals surface area contributed by atoms with Gasteiger partial charge in [0.15, 0.2) is 11.3 Å². The van der Waals surface area contributed by atoms with Crippen LogP contribution in [0, 0.1) is 5.82 Å². The van der Waals surface area contributed by atoms with E-state index in [0.29, 0.717) is 5.52 Å². The van der Waals surface area contributed by atoms with Gasteiger partial charge in [-0.05, 0) is 28.1 Å². The van der Waals surface area contributed by atoms with Crippen molar-refractivity contribution in [2.75, 3.05) is 0 Å². The Bertz CT molecular complexity index is 763. The largest absolute Gasteiger partial charge is 0.316 e. The van der Waals surface area contributed by atoms with E-state index < -0.39 is 11.4 Å². The highest BCUT2D eigenvalue weighted by atomic mass is 79.9. The van der Waals surface area contributed by atoms with E-state index in [-0.39, 0.29) is 15.5 Å². The maximum Gasteiger partial charge on any atom is 0.276 e. The molecule has 0 fully saturated rings. The van der Waals surface area contributed by atoms with Gasteiger partial charge in [0.05, 0.1) is 16.2 Å². The molecular formula is C9H4BrFN4O. The average Bonchev–Trinajstić information content (AvgIpc) is 2.74. The molecule has 16 heavy (non-hydrogen) atoms. The zero-order valence-corrected chi connectivity index (χ0v) is 9.32. The minimum atomic E-state index is -0.521. The summed E-state index contributed by atoms with van der Waals surface area (Å²) in [5, 5.41) is 7.37. The van der Waals surface area contributed by atoms with E-state index in [4.69, 9.17) is 0 Å². The molecule has 3 rings (SSSR count). The smallest absolute Gasteiger partial charge is 0.276 e. The van der Waals surface area contributed by atoms with Crippen LogP contribution in [0.3, 0.4) is 0 Å². The van der Waals surface area contributed by atoms with Gasteiger partial charge in [0.1, 0.15) is 5.52 Å². The summed E-state index contributed by atoms with van der Waals surface area (Å²) >= 11 is 3.05. The number of nitrogens with zero attached hydrogens (tertiary/aromatic N) is 3. The lowest BCUT2D eigenvalue weighted by molar-refractivity contribution is 0.629. The van der Waals surface area contributed by atoms with Crippen LogP contribution in [-0.4, -0.2) is 19.8 Å². The summed E-state index contributed by atoms with van der Waals surface area (Å²) in [6, 6.07) is 3.21. The normalized spacial score (nSPS) is 11.4. The summed E-state index contributed by atoms with van der Waals surface area (Å²) in [4.78, 5) is 14.0. The molecule has 0 atom stereocenters. The van der Waals surface area contributed by atoms with Crippen molar-refractivity contribution in [2.45, 2.75) is 0 Å². The first kappa shape index (κ1) is 9.46. The van der Waals surface area contributed by atoms with Crippen LogP contribution in [0.4, 0.5) is 4.39 Å². The summed E-state index contributed by atoms with van der Waals surface area (Å²) in [6.45, 7) is 0. The van der Waals surface area contributed by atoms with E-state index in [1.165, 1.54) is 10.7 Å². The third kappa shape index (κ3) is 1.12. The molecule has 0 unspecified atom stereocenters. The van der Waals surface area contributed by atoms with E-state index in [2.05, 4.69) is 31.2 Å². The summed E-state index contributed by atoms with van der Waals surface area (Å²) in [7, 11) is 0. The number of benzene rings is 1. The zero-order chi connectivity index (χ0) is 11.3. The number of aromatic nitrogens is 4. The van der Waals surface area contributed by atoms with Gasteiger partial charge in [-0.15, -0.1) is 5.10 Å². The van der Waals surface area contributed by atoms with Crippen molar-refractivity contribution >= 4 is 32.5 Å². The first-order valence-corrected chi connectivity index (χ1v) is 5.18.